The number of nitrogens with zero attached hydrogens (tertiary/aromatic N) is 2. The van der Waals surface area contributed by atoms with E-state index in [0.717, 1.165) is 36.1 Å². The van der Waals surface area contributed by atoms with E-state index in [2.05, 4.69) is 51.3 Å². The Labute approximate surface area is 135 Å². The Morgan fingerprint density at radius 1 is 1.09 bits per heavy atom. The van der Waals surface area contributed by atoms with Crippen LogP contribution < -0.4 is 4.90 Å². The highest BCUT2D eigenvalue weighted by atomic mass is 19.1. The van der Waals surface area contributed by atoms with E-state index in [1.807, 2.05) is 12.1 Å². The summed E-state index contributed by atoms with van der Waals surface area (Å²) in [6.07, 6.45) is 4.10. The standard InChI is InChI=1S/C19H20FN3/c20-19-21-16-10-6-11-17(18(16)22-19)23-12-5-4-9-15(23)13-14-7-2-1-3-8-14/h1-3,6-8,10-11,15H,4-5,9,12-13H2,(H,21,22). The zero-order chi connectivity index (χ0) is 15.6. The van der Waals surface area contributed by atoms with Crippen LogP contribution in [-0.4, -0.2) is 22.6 Å². The van der Waals surface area contributed by atoms with E-state index in [0.29, 0.717) is 6.04 Å². The molecule has 0 bridgehead atoms. The molecule has 1 N–H and O–H groups in total. The Morgan fingerprint density at radius 2 is 1.96 bits per heavy atom. The molecule has 23 heavy (non-hydrogen) atoms. The van der Waals surface area contributed by atoms with Crippen LogP contribution in [0.15, 0.2) is 48.5 Å². The molecule has 1 unspecified atom stereocenters. The van der Waals surface area contributed by atoms with Crippen LogP contribution in [0.1, 0.15) is 24.8 Å². The Morgan fingerprint density at radius 3 is 2.83 bits per heavy atom. The Hall–Kier alpha value is -2.36. The number of nitrogens with one attached hydrogen (secondary N) is 1. The van der Waals surface area contributed by atoms with Crippen LogP contribution >= 0.6 is 0 Å². The molecule has 1 saturated heterocycles. The molecule has 0 spiro atoms. The summed E-state index contributed by atoms with van der Waals surface area (Å²) in [5, 5.41) is 0. The van der Waals surface area contributed by atoms with Crippen molar-refractivity contribution in [1.82, 2.24) is 9.97 Å². The van der Waals surface area contributed by atoms with Gasteiger partial charge in [-0.25, -0.2) is 4.98 Å². The molecule has 1 aliphatic heterocycles. The van der Waals surface area contributed by atoms with Gasteiger partial charge >= 0.3 is 0 Å². The summed E-state index contributed by atoms with van der Waals surface area (Å²) < 4.78 is 13.5. The number of imidazole rings is 1. The Kier molecular flexibility index (Phi) is 3.74. The topological polar surface area (TPSA) is 31.9 Å². The SMILES string of the molecule is Fc1nc2c(N3CCCCC3Cc3ccccc3)cccc2[nH]1. The minimum absolute atomic E-state index is 0.441. The summed E-state index contributed by atoms with van der Waals surface area (Å²) in [4.78, 5) is 9.18. The van der Waals surface area contributed by atoms with Gasteiger partial charge in [-0.15, -0.1) is 0 Å². The van der Waals surface area contributed by atoms with Gasteiger partial charge in [-0.3, -0.25) is 0 Å². The molecule has 4 heteroatoms. The first-order valence-corrected chi connectivity index (χ1v) is 8.26. The molecule has 2 heterocycles. The number of para-hydroxylation sites is 1. The van der Waals surface area contributed by atoms with Crippen LogP contribution in [0.25, 0.3) is 11.0 Å². The smallest absolute Gasteiger partial charge is 0.287 e. The first-order valence-electron chi connectivity index (χ1n) is 8.26. The molecule has 1 fully saturated rings. The molecule has 1 aliphatic rings. The molecule has 3 aromatic rings. The minimum atomic E-state index is -0.510. The minimum Gasteiger partial charge on any atom is -0.366 e. The molecule has 4 rings (SSSR count). The molecule has 0 radical (unpaired) electrons. The number of hydrogen-bond donors (Lipinski definition) is 1. The molecule has 3 nitrogen and oxygen atoms in total. The quantitative estimate of drug-likeness (QED) is 0.782. The van der Waals surface area contributed by atoms with Gasteiger partial charge in [0.2, 0.25) is 0 Å². The number of H-pyrrole nitrogens is 1. The zero-order valence-electron chi connectivity index (χ0n) is 13.0. The van der Waals surface area contributed by atoms with Crippen LogP contribution in [0.3, 0.4) is 0 Å². The lowest BCUT2D eigenvalue weighted by Gasteiger charge is -2.38. The van der Waals surface area contributed by atoms with Crippen molar-refractivity contribution in [2.75, 3.05) is 11.4 Å². The van der Waals surface area contributed by atoms with Gasteiger partial charge in [-0.05, 0) is 43.4 Å². The van der Waals surface area contributed by atoms with Crippen molar-refractivity contribution < 1.29 is 4.39 Å². The van der Waals surface area contributed by atoms with Gasteiger partial charge in [0.1, 0.15) is 5.52 Å². The molecule has 0 saturated carbocycles. The second-order valence-electron chi connectivity index (χ2n) is 6.23. The molecular weight excluding hydrogens is 289 g/mol. The average Bonchev–Trinajstić information content (AvgIpc) is 2.96. The highest BCUT2D eigenvalue weighted by Crippen LogP contribution is 2.31. The normalized spacial score (nSPS) is 18.5. The molecule has 1 atom stereocenters. The molecule has 0 aliphatic carbocycles. The number of aromatic nitrogens is 2. The van der Waals surface area contributed by atoms with E-state index in [4.69, 9.17) is 0 Å². The maximum Gasteiger partial charge on any atom is 0.287 e. The number of halogens is 1. The van der Waals surface area contributed by atoms with Gasteiger partial charge in [-0.2, -0.15) is 4.39 Å². The molecular formula is C19H20FN3. The third-order valence-corrected chi connectivity index (χ3v) is 4.71. The van der Waals surface area contributed by atoms with E-state index < -0.39 is 6.08 Å². The van der Waals surface area contributed by atoms with Crippen LogP contribution in [-0.2, 0) is 6.42 Å². The lowest BCUT2D eigenvalue weighted by atomic mass is 9.95. The Balaban J connectivity index is 1.69. The largest absolute Gasteiger partial charge is 0.366 e. The molecule has 0 amide bonds. The fourth-order valence-corrected chi connectivity index (χ4v) is 3.63. The third-order valence-electron chi connectivity index (χ3n) is 4.71. The monoisotopic (exact) mass is 309 g/mol. The third kappa shape index (κ3) is 2.81. The predicted molar refractivity (Wildman–Crippen MR) is 91.2 cm³/mol. The summed E-state index contributed by atoms with van der Waals surface area (Å²) in [6, 6.07) is 17.0. The summed E-state index contributed by atoms with van der Waals surface area (Å²) in [6.45, 7) is 1.01. The van der Waals surface area contributed by atoms with Gasteiger partial charge in [0.15, 0.2) is 0 Å². The van der Waals surface area contributed by atoms with Crippen LogP contribution in [0.4, 0.5) is 10.1 Å². The lowest BCUT2D eigenvalue weighted by Crippen LogP contribution is -2.41. The summed E-state index contributed by atoms with van der Waals surface area (Å²) in [7, 11) is 0. The van der Waals surface area contributed by atoms with Crippen LogP contribution in [0, 0.1) is 6.08 Å². The van der Waals surface area contributed by atoms with Crippen LogP contribution in [0.2, 0.25) is 0 Å². The molecule has 1 aromatic heterocycles. The van der Waals surface area contributed by atoms with Gasteiger partial charge in [-0.1, -0.05) is 36.4 Å². The summed E-state index contributed by atoms with van der Waals surface area (Å²) in [5.41, 5.74) is 3.90. The zero-order valence-corrected chi connectivity index (χ0v) is 13.0. The lowest BCUT2D eigenvalue weighted by molar-refractivity contribution is 0.458. The maximum atomic E-state index is 13.5. The van der Waals surface area contributed by atoms with Crippen molar-refractivity contribution >= 4 is 16.7 Å². The average molecular weight is 309 g/mol. The van der Waals surface area contributed by atoms with Crippen molar-refractivity contribution in [1.29, 1.82) is 0 Å². The van der Waals surface area contributed by atoms with Crippen LogP contribution in [0.5, 0.6) is 0 Å². The second-order valence-corrected chi connectivity index (χ2v) is 6.23. The number of piperidine rings is 1. The fraction of sp³-hybridized carbons (Fsp3) is 0.316. The maximum absolute atomic E-state index is 13.5. The van der Waals surface area contributed by atoms with Gasteiger partial charge in [0, 0.05) is 12.6 Å². The van der Waals surface area contributed by atoms with Crippen molar-refractivity contribution in [3.8, 4) is 0 Å². The number of benzene rings is 2. The first-order chi connectivity index (χ1) is 11.3. The van der Waals surface area contributed by atoms with E-state index in [1.54, 1.807) is 0 Å². The molecule has 118 valence electrons. The highest BCUT2D eigenvalue weighted by molar-refractivity contribution is 5.88. The number of fused-ring (bicyclic) bond motifs is 1. The van der Waals surface area contributed by atoms with E-state index >= 15 is 0 Å². The molecule has 2 aromatic carbocycles. The number of anilines is 1. The number of rotatable bonds is 3. The second kappa shape index (κ2) is 6.03. The highest BCUT2D eigenvalue weighted by Gasteiger charge is 2.25. The summed E-state index contributed by atoms with van der Waals surface area (Å²) in [5.74, 6) is 0. The van der Waals surface area contributed by atoms with Crippen molar-refractivity contribution in [3.63, 3.8) is 0 Å². The van der Waals surface area contributed by atoms with Crippen molar-refractivity contribution in [3.05, 3.63) is 60.2 Å². The van der Waals surface area contributed by atoms with E-state index in [1.165, 1.54) is 18.4 Å². The van der Waals surface area contributed by atoms with E-state index in [9.17, 15) is 4.39 Å². The van der Waals surface area contributed by atoms with Gasteiger partial charge in [0.05, 0.1) is 11.2 Å². The van der Waals surface area contributed by atoms with E-state index in [-0.39, 0.29) is 0 Å². The van der Waals surface area contributed by atoms with Crippen molar-refractivity contribution in [2.24, 2.45) is 0 Å². The van der Waals surface area contributed by atoms with Gasteiger partial charge in [0.25, 0.3) is 6.08 Å². The van der Waals surface area contributed by atoms with Crippen molar-refractivity contribution in [2.45, 2.75) is 31.7 Å². The fourth-order valence-electron chi connectivity index (χ4n) is 3.63. The number of hydrogen-bond acceptors (Lipinski definition) is 2. The van der Waals surface area contributed by atoms with Gasteiger partial charge < -0.3 is 9.88 Å². The first kappa shape index (κ1) is 14.2. The number of aromatic amines is 1. The summed E-state index contributed by atoms with van der Waals surface area (Å²) >= 11 is 0. The Bertz CT molecular complexity index is 797. The predicted octanol–water partition coefficient (Wildman–Crippen LogP) is 4.30.